The third-order valence-corrected chi connectivity index (χ3v) is 2.74. The molecule has 0 aromatic carbocycles. The summed E-state index contributed by atoms with van der Waals surface area (Å²) in [7, 11) is 0. The highest BCUT2D eigenvalue weighted by molar-refractivity contribution is 8.13. The first kappa shape index (κ1) is 6.93. The van der Waals surface area contributed by atoms with Gasteiger partial charge in [-0.1, -0.05) is 18.7 Å². The topological polar surface area (TPSA) is 38.4 Å². The van der Waals surface area contributed by atoms with Gasteiger partial charge >= 0.3 is 0 Å². The molecule has 0 aliphatic carbocycles. The Labute approximate surface area is 59.9 Å². The Morgan fingerprint density at radius 1 is 1.67 bits per heavy atom. The summed E-state index contributed by atoms with van der Waals surface area (Å²) in [5.41, 5.74) is 5.50. The maximum Gasteiger partial charge on any atom is 0.154 e. The molecule has 0 amide bonds. The Morgan fingerprint density at radius 3 is 2.78 bits per heavy atom. The molecule has 2 N–H and O–H groups in total. The zero-order valence-electron chi connectivity index (χ0n) is 5.79. The van der Waals surface area contributed by atoms with Crippen molar-refractivity contribution in [1.82, 2.24) is 0 Å². The van der Waals surface area contributed by atoms with Gasteiger partial charge in [-0.2, -0.15) is 0 Å². The second kappa shape index (κ2) is 2.60. The molecule has 52 valence electrons. The number of aliphatic imine (C=N–C) groups is 1. The molecule has 9 heavy (non-hydrogen) atoms. The van der Waals surface area contributed by atoms with E-state index in [1.54, 1.807) is 11.8 Å². The number of amidine groups is 1. The molecule has 2 atom stereocenters. The van der Waals surface area contributed by atoms with E-state index < -0.39 is 0 Å². The molecular weight excluding hydrogens is 132 g/mol. The van der Waals surface area contributed by atoms with Crippen LogP contribution in [0.4, 0.5) is 0 Å². The van der Waals surface area contributed by atoms with Gasteiger partial charge in [0.05, 0.1) is 6.04 Å². The lowest BCUT2D eigenvalue weighted by Crippen LogP contribution is -2.25. The van der Waals surface area contributed by atoms with E-state index in [1.807, 2.05) is 0 Å². The molecule has 0 unspecified atom stereocenters. The third-order valence-electron chi connectivity index (χ3n) is 1.65. The number of hydrogen-bond donors (Lipinski definition) is 1. The highest BCUT2D eigenvalue weighted by Crippen LogP contribution is 2.19. The summed E-state index contributed by atoms with van der Waals surface area (Å²) in [5, 5.41) is 0.751. The average molecular weight is 144 g/mol. The van der Waals surface area contributed by atoms with Gasteiger partial charge in [-0.05, 0) is 12.8 Å². The Balaban J connectivity index is 2.58. The minimum absolute atomic E-state index is 0.422. The monoisotopic (exact) mass is 144 g/mol. The molecule has 0 saturated carbocycles. The van der Waals surface area contributed by atoms with Crippen LogP contribution in [0.5, 0.6) is 0 Å². The van der Waals surface area contributed by atoms with Gasteiger partial charge in [-0.3, -0.25) is 4.99 Å². The molecule has 2 nitrogen and oxygen atoms in total. The lowest BCUT2D eigenvalue weighted by atomic mass is 10.1. The summed E-state index contributed by atoms with van der Waals surface area (Å²) in [6, 6.07) is 0.422. The van der Waals surface area contributed by atoms with Crippen molar-refractivity contribution < 1.29 is 0 Å². The number of rotatable bonds is 0. The number of thioether (sulfide) groups is 1. The third kappa shape index (κ3) is 1.61. The summed E-state index contributed by atoms with van der Waals surface area (Å²) in [4.78, 5) is 4.22. The molecule has 1 aliphatic rings. The van der Waals surface area contributed by atoms with E-state index in [1.165, 1.54) is 0 Å². The molecule has 0 radical (unpaired) electrons. The fraction of sp³-hybridized carbons (Fsp3) is 0.833. The van der Waals surface area contributed by atoms with Gasteiger partial charge in [0.15, 0.2) is 5.17 Å². The van der Waals surface area contributed by atoms with Crippen molar-refractivity contribution in [3.8, 4) is 0 Å². The molecule has 0 aromatic heterocycles. The van der Waals surface area contributed by atoms with Crippen LogP contribution in [0.25, 0.3) is 0 Å². The summed E-state index contributed by atoms with van der Waals surface area (Å²) >= 11 is 1.66. The minimum Gasteiger partial charge on any atom is -0.379 e. The zero-order valence-corrected chi connectivity index (χ0v) is 6.61. The van der Waals surface area contributed by atoms with E-state index in [2.05, 4.69) is 18.8 Å². The first-order valence-electron chi connectivity index (χ1n) is 3.16. The van der Waals surface area contributed by atoms with Gasteiger partial charge in [0.2, 0.25) is 0 Å². The summed E-state index contributed by atoms with van der Waals surface area (Å²) in [5.74, 6) is 1.80. The second-order valence-electron chi connectivity index (χ2n) is 2.50. The van der Waals surface area contributed by atoms with Crippen molar-refractivity contribution in [2.75, 3.05) is 5.75 Å². The van der Waals surface area contributed by atoms with Crippen molar-refractivity contribution >= 4 is 16.9 Å². The first-order valence-corrected chi connectivity index (χ1v) is 4.15. The molecule has 0 bridgehead atoms. The number of nitrogens with zero attached hydrogens (tertiary/aromatic N) is 1. The van der Waals surface area contributed by atoms with Gasteiger partial charge in [0.1, 0.15) is 0 Å². The van der Waals surface area contributed by atoms with E-state index in [4.69, 9.17) is 5.73 Å². The Bertz CT molecular complexity index is 133. The van der Waals surface area contributed by atoms with Crippen LogP contribution < -0.4 is 5.73 Å². The summed E-state index contributed by atoms with van der Waals surface area (Å²) < 4.78 is 0. The van der Waals surface area contributed by atoms with Crippen molar-refractivity contribution in [2.24, 2.45) is 16.6 Å². The highest BCUT2D eigenvalue weighted by Gasteiger charge is 2.16. The summed E-state index contributed by atoms with van der Waals surface area (Å²) in [6.45, 7) is 4.31. The van der Waals surface area contributed by atoms with Gasteiger partial charge in [-0.25, -0.2) is 0 Å². The molecule has 1 aliphatic heterocycles. The molecule has 1 heterocycles. The maximum absolute atomic E-state index is 5.50. The van der Waals surface area contributed by atoms with E-state index in [9.17, 15) is 0 Å². The number of nitrogens with two attached hydrogens (primary N) is 1. The average Bonchev–Trinajstić information content (AvgIpc) is 1.80. The Kier molecular flexibility index (Phi) is 2.01. The van der Waals surface area contributed by atoms with Crippen LogP contribution in [0.3, 0.4) is 0 Å². The van der Waals surface area contributed by atoms with Crippen LogP contribution in [-0.2, 0) is 0 Å². The molecule has 0 aromatic rings. The van der Waals surface area contributed by atoms with Crippen molar-refractivity contribution in [3.05, 3.63) is 0 Å². The van der Waals surface area contributed by atoms with Gasteiger partial charge in [-0.15, -0.1) is 0 Å². The molecular formula is C6H12N2S. The fourth-order valence-electron chi connectivity index (χ4n) is 0.721. The fourth-order valence-corrected chi connectivity index (χ4v) is 1.67. The molecule has 0 saturated heterocycles. The minimum atomic E-state index is 0.422. The van der Waals surface area contributed by atoms with Gasteiger partial charge in [0.25, 0.3) is 0 Å². The van der Waals surface area contributed by atoms with Gasteiger partial charge < -0.3 is 5.73 Å². The van der Waals surface area contributed by atoms with E-state index in [0.717, 1.165) is 10.9 Å². The molecule has 0 fully saturated rings. The molecule has 1 rings (SSSR count). The quantitative estimate of drug-likeness (QED) is 0.552. The molecule has 0 spiro atoms. The van der Waals surface area contributed by atoms with Crippen molar-refractivity contribution in [1.29, 1.82) is 0 Å². The van der Waals surface area contributed by atoms with Crippen LogP contribution in [0, 0.1) is 5.92 Å². The Hall–Kier alpha value is -0.180. The zero-order chi connectivity index (χ0) is 6.85. The van der Waals surface area contributed by atoms with Gasteiger partial charge in [0, 0.05) is 5.75 Å². The summed E-state index contributed by atoms with van der Waals surface area (Å²) in [6.07, 6.45) is 0. The standard InChI is InChI=1S/C6H12N2S/c1-4-3-9-6(7)8-5(4)2/h4-5H,3H2,1-2H3,(H2,7,8)/t4-,5+/m0/s1. The maximum atomic E-state index is 5.50. The van der Waals surface area contributed by atoms with E-state index in [-0.39, 0.29) is 0 Å². The largest absolute Gasteiger partial charge is 0.379 e. The first-order chi connectivity index (χ1) is 4.20. The van der Waals surface area contributed by atoms with Crippen LogP contribution in [0.15, 0.2) is 4.99 Å². The lowest BCUT2D eigenvalue weighted by Gasteiger charge is -2.20. The SMILES string of the molecule is C[C@H]1CSC(N)=N[C@@H]1C. The smallest absolute Gasteiger partial charge is 0.154 e. The highest BCUT2D eigenvalue weighted by atomic mass is 32.2. The number of hydrogen-bond acceptors (Lipinski definition) is 3. The normalized spacial score (nSPS) is 36.0. The van der Waals surface area contributed by atoms with Crippen molar-refractivity contribution in [3.63, 3.8) is 0 Å². The van der Waals surface area contributed by atoms with Crippen LogP contribution >= 0.6 is 11.8 Å². The lowest BCUT2D eigenvalue weighted by molar-refractivity contribution is 0.536. The van der Waals surface area contributed by atoms with E-state index in [0.29, 0.717) is 12.0 Å². The second-order valence-corrected chi connectivity index (χ2v) is 3.54. The predicted octanol–water partition coefficient (Wildman–Crippen LogP) is 1.07. The van der Waals surface area contributed by atoms with Crippen LogP contribution in [0.1, 0.15) is 13.8 Å². The molecule has 3 heteroatoms. The van der Waals surface area contributed by atoms with Crippen LogP contribution in [-0.4, -0.2) is 17.0 Å². The predicted molar refractivity (Wildman–Crippen MR) is 42.7 cm³/mol. The van der Waals surface area contributed by atoms with Crippen LogP contribution in [0.2, 0.25) is 0 Å². The van der Waals surface area contributed by atoms with Crippen molar-refractivity contribution in [2.45, 2.75) is 19.9 Å². The Morgan fingerprint density at radius 2 is 2.33 bits per heavy atom. The van der Waals surface area contributed by atoms with E-state index >= 15 is 0 Å².